The van der Waals surface area contributed by atoms with E-state index in [1.54, 1.807) is 0 Å². The second kappa shape index (κ2) is 5.17. The molecule has 82 valence electrons. The van der Waals surface area contributed by atoms with E-state index in [-0.39, 0.29) is 10.0 Å². The average molecular weight is 268 g/mol. The van der Waals surface area contributed by atoms with Crippen LogP contribution in [0.1, 0.15) is 18.4 Å². The first-order valence-electron chi connectivity index (χ1n) is 4.25. The van der Waals surface area contributed by atoms with Crippen molar-refractivity contribution in [1.29, 1.82) is 0 Å². The molecule has 0 aliphatic rings. The Bertz CT molecular complexity index is 377. The van der Waals surface area contributed by atoms with E-state index in [1.165, 1.54) is 19.1 Å². The summed E-state index contributed by atoms with van der Waals surface area (Å²) in [6, 6.07) is 3.01. The van der Waals surface area contributed by atoms with Gasteiger partial charge in [0.1, 0.15) is 6.29 Å². The van der Waals surface area contributed by atoms with Gasteiger partial charge in [0, 0.05) is 5.02 Å². The third-order valence-corrected chi connectivity index (χ3v) is 3.08. The first-order valence-corrected chi connectivity index (χ1v) is 5.38. The van der Waals surface area contributed by atoms with Gasteiger partial charge in [0.15, 0.2) is 0 Å². The van der Waals surface area contributed by atoms with Gasteiger partial charge < -0.3 is 9.90 Å². The molecule has 0 saturated heterocycles. The van der Waals surface area contributed by atoms with Crippen molar-refractivity contribution in [3.63, 3.8) is 0 Å². The van der Waals surface area contributed by atoms with E-state index in [0.29, 0.717) is 16.9 Å². The SMILES string of the molecule is CC(O)C(C=O)c1cc(Cl)cc(Cl)c1Cl. The lowest BCUT2D eigenvalue weighted by molar-refractivity contribution is -0.111. The van der Waals surface area contributed by atoms with Gasteiger partial charge in [-0.3, -0.25) is 0 Å². The number of aliphatic hydroxyl groups is 1. The van der Waals surface area contributed by atoms with Crippen molar-refractivity contribution < 1.29 is 9.90 Å². The highest BCUT2D eigenvalue weighted by atomic mass is 35.5. The van der Waals surface area contributed by atoms with Crippen molar-refractivity contribution >= 4 is 41.1 Å². The summed E-state index contributed by atoms with van der Waals surface area (Å²) in [6.07, 6.45) is -0.215. The van der Waals surface area contributed by atoms with E-state index in [0.717, 1.165) is 0 Å². The van der Waals surface area contributed by atoms with Crippen LogP contribution in [0.4, 0.5) is 0 Å². The third-order valence-electron chi connectivity index (χ3n) is 2.05. The quantitative estimate of drug-likeness (QED) is 0.674. The molecular weight excluding hydrogens is 258 g/mol. The van der Waals surface area contributed by atoms with Gasteiger partial charge in [-0.15, -0.1) is 0 Å². The van der Waals surface area contributed by atoms with Crippen LogP contribution in [-0.4, -0.2) is 17.5 Å². The molecule has 1 rings (SSSR count). The highest BCUT2D eigenvalue weighted by Crippen LogP contribution is 2.34. The second-order valence-electron chi connectivity index (χ2n) is 3.19. The molecule has 15 heavy (non-hydrogen) atoms. The Morgan fingerprint density at radius 3 is 2.40 bits per heavy atom. The molecule has 0 heterocycles. The number of halogens is 3. The first kappa shape index (κ1) is 12.8. The Morgan fingerprint density at radius 2 is 1.93 bits per heavy atom. The predicted molar refractivity (Wildman–Crippen MR) is 62.0 cm³/mol. The number of aldehydes is 1. The van der Waals surface area contributed by atoms with E-state index in [2.05, 4.69) is 0 Å². The molecule has 2 atom stereocenters. The average Bonchev–Trinajstić information content (AvgIpc) is 2.13. The lowest BCUT2D eigenvalue weighted by Crippen LogP contribution is -2.16. The zero-order chi connectivity index (χ0) is 11.6. The van der Waals surface area contributed by atoms with Crippen LogP contribution in [0, 0.1) is 0 Å². The number of aliphatic hydroxyl groups excluding tert-OH is 1. The fraction of sp³-hybridized carbons (Fsp3) is 0.300. The minimum Gasteiger partial charge on any atom is -0.392 e. The van der Waals surface area contributed by atoms with Crippen molar-refractivity contribution in [2.75, 3.05) is 0 Å². The number of benzene rings is 1. The molecular formula is C10H9Cl3O2. The molecule has 2 unspecified atom stereocenters. The van der Waals surface area contributed by atoms with Gasteiger partial charge in [-0.1, -0.05) is 34.8 Å². The fourth-order valence-corrected chi connectivity index (χ4v) is 2.01. The highest BCUT2D eigenvalue weighted by molar-refractivity contribution is 6.43. The van der Waals surface area contributed by atoms with E-state index in [4.69, 9.17) is 34.8 Å². The molecule has 1 N–H and O–H groups in total. The van der Waals surface area contributed by atoms with Crippen molar-refractivity contribution in [3.05, 3.63) is 32.8 Å². The molecule has 0 radical (unpaired) electrons. The molecule has 1 aromatic rings. The summed E-state index contributed by atoms with van der Waals surface area (Å²) in [5.41, 5.74) is 0.444. The number of hydrogen-bond donors (Lipinski definition) is 1. The van der Waals surface area contributed by atoms with Crippen LogP contribution in [0.25, 0.3) is 0 Å². The van der Waals surface area contributed by atoms with E-state index < -0.39 is 12.0 Å². The van der Waals surface area contributed by atoms with Crippen LogP contribution in [0.3, 0.4) is 0 Å². The molecule has 0 amide bonds. The Hall–Kier alpha value is -0.280. The Morgan fingerprint density at radius 1 is 1.33 bits per heavy atom. The lowest BCUT2D eigenvalue weighted by Gasteiger charge is -2.16. The summed E-state index contributed by atoms with van der Waals surface area (Å²) in [7, 11) is 0. The van der Waals surface area contributed by atoms with Gasteiger partial charge in [-0.25, -0.2) is 0 Å². The first-order chi connectivity index (χ1) is 6.97. The van der Waals surface area contributed by atoms with Crippen LogP contribution >= 0.6 is 34.8 Å². The zero-order valence-electron chi connectivity index (χ0n) is 7.88. The molecule has 0 spiro atoms. The van der Waals surface area contributed by atoms with E-state index in [9.17, 15) is 9.90 Å². The molecule has 5 heteroatoms. The second-order valence-corrected chi connectivity index (χ2v) is 4.41. The summed E-state index contributed by atoms with van der Waals surface area (Å²) < 4.78 is 0. The van der Waals surface area contributed by atoms with E-state index >= 15 is 0 Å². The highest BCUT2D eigenvalue weighted by Gasteiger charge is 2.21. The minimum absolute atomic E-state index is 0.249. The smallest absolute Gasteiger partial charge is 0.130 e. The molecule has 0 aliphatic heterocycles. The summed E-state index contributed by atoms with van der Waals surface area (Å²) in [5.74, 6) is -0.714. The maximum Gasteiger partial charge on any atom is 0.130 e. The fourth-order valence-electron chi connectivity index (χ4n) is 1.27. The minimum atomic E-state index is -0.838. The molecule has 0 fully saturated rings. The summed E-state index contributed by atoms with van der Waals surface area (Å²) in [4.78, 5) is 10.8. The number of carbonyl (C=O) groups excluding carboxylic acids is 1. The van der Waals surface area contributed by atoms with Gasteiger partial charge in [-0.05, 0) is 24.6 Å². The van der Waals surface area contributed by atoms with E-state index in [1.807, 2.05) is 0 Å². The normalized spacial score (nSPS) is 14.7. The van der Waals surface area contributed by atoms with Crippen LogP contribution in [-0.2, 0) is 4.79 Å². The van der Waals surface area contributed by atoms with Gasteiger partial charge in [-0.2, -0.15) is 0 Å². The lowest BCUT2D eigenvalue weighted by atomic mass is 9.96. The van der Waals surface area contributed by atoms with Gasteiger partial charge in [0.25, 0.3) is 0 Å². The van der Waals surface area contributed by atoms with Gasteiger partial charge in [0.05, 0.1) is 22.1 Å². The third kappa shape index (κ3) is 2.85. The molecule has 0 saturated carbocycles. The summed E-state index contributed by atoms with van der Waals surface area (Å²) in [5, 5.41) is 10.3. The Labute approximate surface area is 103 Å². The van der Waals surface area contributed by atoms with Gasteiger partial charge >= 0.3 is 0 Å². The number of carbonyl (C=O) groups is 1. The molecule has 0 aromatic heterocycles. The van der Waals surface area contributed by atoms with Crippen molar-refractivity contribution in [2.45, 2.75) is 18.9 Å². The topological polar surface area (TPSA) is 37.3 Å². The number of rotatable bonds is 3. The molecule has 2 nitrogen and oxygen atoms in total. The Balaban J connectivity index is 3.28. The zero-order valence-corrected chi connectivity index (χ0v) is 10.1. The van der Waals surface area contributed by atoms with Crippen molar-refractivity contribution in [1.82, 2.24) is 0 Å². The van der Waals surface area contributed by atoms with Crippen LogP contribution in [0.2, 0.25) is 15.1 Å². The maximum absolute atomic E-state index is 10.8. The summed E-state index contributed by atoms with van der Waals surface area (Å²) in [6.45, 7) is 1.50. The monoisotopic (exact) mass is 266 g/mol. The molecule has 1 aromatic carbocycles. The maximum atomic E-state index is 10.8. The largest absolute Gasteiger partial charge is 0.392 e. The van der Waals surface area contributed by atoms with Crippen molar-refractivity contribution in [2.24, 2.45) is 0 Å². The standard InChI is InChI=1S/C10H9Cl3O2/c1-5(15)8(4-14)7-2-6(11)3-9(12)10(7)13/h2-5,8,15H,1H3. The van der Waals surface area contributed by atoms with Crippen LogP contribution in [0.15, 0.2) is 12.1 Å². The molecule has 0 bridgehead atoms. The Kier molecular flexibility index (Phi) is 4.41. The molecule has 0 aliphatic carbocycles. The van der Waals surface area contributed by atoms with Crippen molar-refractivity contribution in [3.8, 4) is 0 Å². The summed E-state index contributed by atoms with van der Waals surface area (Å²) >= 11 is 17.5. The van der Waals surface area contributed by atoms with Gasteiger partial charge in [0.2, 0.25) is 0 Å². The predicted octanol–water partition coefficient (Wildman–Crippen LogP) is 3.31. The van der Waals surface area contributed by atoms with Crippen LogP contribution < -0.4 is 0 Å². The number of hydrogen-bond acceptors (Lipinski definition) is 2. The van der Waals surface area contributed by atoms with Crippen LogP contribution in [0.5, 0.6) is 0 Å².